The van der Waals surface area contributed by atoms with E-state index in [2.05, 4.69) is 5.32 Å². The van der Waals surface area contributed by atoms with E-state index >= 15 is 0 Å². The van der Waals surface area contributed by atoms with Crippen LogP contribution in [0.4, 0.5) is 14.5 Å². The van der Waals surface area contributed by atoms with Gasteiger partial charge in [0.25, 0.3) is 0 Å². The normalized spacial score (nSPS) is 11.1. The Kier molecular flexibility index (Phi) is 3.59. The van der Waals surface area contributed by atoms with Crippen molar-refractivity contribution >= 4 is 11.8 Å². The molecule has 0 unspecified atom stereocenters. The number of nitrogens with two attached hydrogens (primary N) is 1. The molecule has 76 valence electrons. The van der Waals surface area contributed by atoms with Gasteiger partial charge in [-0.2, -0.15) is 0 Å². The van der Waals surface area contributed by atoms with Crippen LogP contribution in [-0.4, -0.2) is 13.6 Å². The van der Waals surface area contributed by atoms with E-state index in [4.69, 9.17) is 5.73 Å². The number of nitrogen functional groups attached to an aromatic ring is 1. The summed E-state index contributed by atoms with van der Waals surface area (Å²) in [5, 5.41) is 2.89. The van der Waals surface area contributed by atoms with Crippen LogP contribution in [0.25, 0.3) is 6.08 Å². The van der Waals surface area contributed by atoms with Crippen molar-refractivity contribution in [3.63, 3.8) is 0 Å². The summed E-state index contributed by atoms with van der Waals surface area (Å²) in [7, 11) is 1.79. The lowest BCUT2D eigenvalue weighted by molar-refractivity contribution is 0.509. The molecule has 0 saturated carbocycles. The summed E-state index contributed by atoms with van der Waals surface area (Å²) in [5.41, 5.74) is 6.21. The largest absolute Gasteiger partial charge is 0.398 e. The zero-order valence-electron chi connectivity index (χ0n) is 7.85. The molecular weight excluding hydrogens is 186 g/mol. The van der Waals surface area contributed by atoms with Crippen LogP contribution in [0, 0.1) is 11.6 Å². The maximum Gasteiger partial charge on any atom is 0.160 e. The highest BCUT2D eigenvalue weighted by atomic mass is 19.2. The Morgan fingerprint density at radius 3 is 2.64 bits per heavy atom. The highest BCUT2D eigenvalue weighted by Gasteiger charge is 2.04. The van der Waals surface area contributed by atoms with Crippen molar-refractivity contribution < 1.29 is 8.78 Å². The monoisotopic (exact) mass is 198 g/mol. The molecule has 0 heterocycles. The Bertz CT molecular complexity index is 348. The average molecular weight is 198 g/mol. The first-order valence-corrected chi connectivity index (χ1v) is 4.21. The molecule has 1 rings (SSSR count). The highest BCUT2D eigenvalue weighted by molar-refractivity contribution is 5.64. The number of nitrogens with one attached hydrogen (secondary N) is 1. The van der Waals surface area contributed by atoms with Gasteiger partial charge in [0.2, 0.25) is 0 Å². The number of likely N-dealkylation sites (N-methyl/N-ethyl adjacent to an activating group) is 1. The third-order valence-electron chi connectivity index (χ3n) is 1.75. The first kappa shape index (κ1) is 10.7. The van der Waals surface area contributed by atoms with Crippen LogP contribution in [0.5, 0.6) is 0 Å². The number of hydrogen-bond donors (Lipinski definition) is 2. The van der Waals surface area contributed by atoms with Gasteiger partial charge in [-0.25, -0.2) is 8.78 Å². The summed E-state index contributed by atoms with van der Waals surface area (Å²) in [6.45, 7) is 0.651. The fourth-order valence-electron chi connectivity index (χ4n) is 1.03. The Balaban J connectivity index is 2.92. The molecule has 1 aromatic rings. The molecule has 0 amide bonds. The molecule has 0 aliphatic carbocycles. The molecule has 1 aromatic carbocycles. The molecule has 0 bridgehead atoms. The summed E-state index contributed by atoms with van der Waals surface area (Å²) in [4.78, 5) is 0. The maximum atomic E-state index is 12.8. The molecule has 3 N–H and O–H groups in total. The van der Waals surface area contributed by atoms with Crippen LogP contribution in [0.15, 0.2) is 18.2 Å². The van der Waals surface area contributed by atoms with E-state index in [1.165, 1.54) is 0 Å². The van der Waals surface area contributed by atoms with Crippen molar-refractivity contribution in [1.82, 2.24) is 5.32 Å². The molecule has 14 heavy (non-hydrogen) atoms. The average Bonchev–Trinajstić information content (AvgIpc) is 2.14. The van der Waals surface area contributed by atoms with Crippen molar-refractivity contribution in [3.8, 4) is 0 Å². The summed E-state index contributed by atoms with van der Waals surface area (Å²) in [5.74, 6) is -1.81. The van der Waals surface area contributed by atoms with Crippen LogP contribution in [0.3, 0.4) is 0 Å². The van der Waals surface area contributed by atoms with Crippen LogP contribution >= 0.6 is 0 Å². The van der Waals surface area contributed by atoms with Gasteiger partial charge in [-0.1, -0.05) is 12.2 Å². The first-order valence-electron chi connectivity index (χ1n) is 4.21. The molecule has 0 saturated heterocycles. The van der Waals surface area contributed by atoms with Crippen LogP contribution in [0.2, 0.25) is 0 Å². The fraction of sp³-hybridized carbons (Fsp3) is 0.200. The van der Waals surface area contributed by atoms with Gasteiger partial charge in [-0.3, -0.25) is 0 Å². The Morgan fingerprint density at radius 1 is 1.36 bits per heavy atom. The molecular formula is C10H12F2N2. The number of halogens is 2. The lowest BCUT2D eigenvalue weighted by Gasteiger charge is -2.01. The van der Waals surface area contributed by atoms with Gasteiger partial charge in [0.05, 0.1) is 0 Å². The molecule has 4 heteroatoms. The first-order chi connectivity index (χ1) is 6.65. The second-order valence-electron chi connectivity index (χ2n) is 2.86. The minimum absolute atomic E-state index is 0.233. The van der Waals surface area contributed by atoms with E-state index in [0.29, 0.717) is 12.1 Å². The minimum atomic E-state index is -0.923. The third kappa shape index (κ3) is 2.53. The second kappa shape index (κ2) is 4.72. The maximum absolute atomic E-state index is 12.8. The van der Waals surface area contributed by atoms with Gasteiger partial charge in [0.1, 0.15) is 0 Å². The Morgan fingerprint density at radius 2 is 2.00 bits per heavy atom. The minimum Gasteiger partial charge on any atom is -0.398 e. The molecule has 0 aliphatic heterocycles. The summed E-state index contributed by atoms with van der Waals surface area (Å²) in [6.07, 6.45) is 3.43. The standard InChI is InChI=1S/C10H12F2N2/c1-14-4-2-3-7-5-8(11)9(12)6-10(7)13/h2-3,5-6,14H,4,13H2,1H3. The number of hydrogen-bond acceptors (Lipinski definition) is 2. The second-order valence-corrected chi connectivity index (χ2v) is 2.86. The lowest BCUT2D eigenvalue weighted by atomic mass is 10.1. The van der Waals surface area contributed by atoms with Crippen LogP contribution in [-0.2, 0) is 0 Å². The molecule has 2 nitrogen and oxygen atoms in total. The number of benzene rings is 1. The van der Waals surface area contributed by atoms with Crippen LogP contribution in [0.1, 0.15) is 5.56 Å². The fourth-order valence-corrected chi connectivity index (χ4v) is 1.03. The van der Waals surface area contributed by atoms with E-state index in [1.807, 2.05) is 0 Å². The zero-order valence-corrected chi connectivity index (χ0v) is 7.85. The number of anilines is 1. The lowest BCUT2D eigenvalue weighted by Crippen LogP contribution is -2.03. The molecule has 0 radical (unpaired) electrons. The summed E-state index contributed by atoms with van der Waals surface area (Å²) >= 11 is 0. The third-order valence-corrected chi connectivity index (χ3v) is 1.75. The van der Waals surface area contributed by atoms with E-state index in [0.717, 1.165) is 12.1 Å². The van der Waals surface area contributed by atoms with Gasteiger partial charge in [-0.15, -0.1) is 0 Å². The van der Waals surface area contributed by atoms with Crippen molar-refractivity contribution in [2.75, 3.05) is 19.3 Å². The van der Waals surface area contributed by atoms with E-state index in [9.17, 15) is 8.78 Å². The quantitative estimate of drug-likeness (QED) is 0.726. The Hall–Kier alpha value is -1.42. The summed E-state index contributed by atoms with van der Waals surface area (Å²) in [6, 6.07) is 2.06. The topological polar surface area (TPSA) is 38.0 Å². The van der Waals surface area contributed by atoms with Gasteiger partial charge >= 0.3 is 0 Å². The van der Waals surface area contributed by atoms with E-state index in [-0.39, 0.29) is 5.69 Å². The van der Waals surface area contributed by atoms with Gasteiger partial charge in [0, 0.05) is 23.9 Å². The van der Waals surface area contributed by atoms with Gasteiger partial charge in [0.15, 0.2) is 11.6 Å². The smallest absolute Gasteiger partial charge is 0.160 e. The molecule has 0 atom stereocenters. The van der Waals surface area contributed by atoms with Crippen molar-refractivity contribution in [3.05, 3.63) is 35.4 Å². The van der Waals surface area contributed by atoms with Crippen LogP contribution < -0.4 is 11.1 Å². The van der Waals surface area contributed by atoms with Gasteiger partial charge < -0.3 is 11.1 Å². The number of rotatable bonds is 3. The molecule has 0 aromatic heterocycles. The summed E-state index contributed by atoms with van der Waals surface area (Å²) < 4.78 is 25.4. The van der Waals surface area contributed by atoms with Gasteiger partial charge in [-0.05, 0) is 13.1 Å². The highest BCUT2D eigenvalue weighted by Crippen LogP contribution is 2.17. The van der Waals surface area contributed by atoms with E-state index in [1.54, 1.807) is 19.2 Å². The molecule has 0 spiro atoms. The zero-order chi connectivity index (χ0) is 10.6. The predicted octanol–water partition coefficient (Wildman–Crippen LogP) is 1.78. The molecule has 0 aliphatic rings. The Labute approximate surface area is 81.4 Å². The predicted molar refractivity (Wildman–Crippen MR) is 53.7 cm³/mol. The SMILES string of the molecule is CNCC=Cc1cc(F)c(F)cc1N. The van der Waals surface area contributed by atoms with Crippen molar-refractivity contribution in [1.29, 1.82) is 0 Å². The van der Waals surface area contributed by atoms with E-state index < -0.39 is 11.6 Å². The van der Waals surface area contributed by atoms with Crippen molar-refractivity contribution in [2.24, 2.45) is 0 Å². The molecule has 0 fully saturated rings. The van der Waals surface area contributed by atoms with Crippen molar-refractivity contribution in [2.45, 2.75) is 0 Å².